The summed E-state index contributed by atoms with van der Waals surface area (Å²) in [6, 6.07) is 0. The van der Waals surface area contributed by atoms with E-state index in [0.29, 0.717) is 13.0 Å². The van der Waals surface area contributed by atoms with Crippen molar-refractivity contribution in [2.24, 2.45) is 5.41 Å². The van der Waals surface area contributed by atoms with Crippen LogP contribution in [0.15, 0.2) is 12.5 Å². The topological polar surface area (TPSA) is 119 Å². The van der Waals surface area contributed by atoms with E-state index in [1.54, 1.807) is 6.92 Å². The predicted octanol–water partition coefficient (Wildman–Crippen LogP) is 0.505. The molecule has 2 rings (SSSR count). The summed E-state index contributed by atoms with van der Waals surface area (Å²) < 4.78 is 1.47. The SMILES string of the molecule is CC1(C(=O)O)CCN(C(=O)CCn2cnc([N+](=O)[O-])c2)C1. The zero-order chi connectivity index (χ0) is 15.6. The number of imidazole rings is 1. The van der Waals surface area contributed by atoms with Crippen LogP contribution in [0.25, 0.3) is 0 Å². The number of hydrogen-bond donors (Lipinski definition) is 1. The molecule has 21 heavy (non-hydrogen) atoms. The molecule has 0 aromatic carbocycles. The van der Waals surface area contributed by atoms with Crippen molar-refractivity contribution in [1.82, 2.24) is 14.5 Å². The Morgan fingerprint density at radius 2 is 2.29 bits per heavy atom. The molecule has 0 bridgehead atoms. The minimum absolute atomic E-state index is 0.156. The molecule has 1 atom stereocenters. The van der Waals surface area contributed by atoms with Crippen LogP contribution in [0.2, 0.25) is 0 Å². The molecule has 0 saturated carbocycles. The van der Waals surface area contributed by atoms with Gasteiger partial charge in [-0.3, -0.25) is 9.59 Å². The number of likely N-dealkylation sites (tertiary alicyclic amines) is 1. The number of carbonyl (C=O) groups is 2. The van der Waals surface area contributed by atoms with Gasteiger partial charge in [0.05, 0.1) is 5.41 Å². The molecule has 1 fully saturated rings. The first kappa shape index (κ1) is 14.9. The molecule has 1 unspecified atom stereocenters. The van der Waals surface area contributed by atoms with Crippen molar-refractivity contribution in [1.29, 1.82) is 0 Å². The van der Waals surface area contributed by atoms with Crippen LogP contribution in [0.3, 0.4) is 0 Å². The van der Waals surface area contributed by atoms with Gasteiger partial charge in [0.2, 0.25) is 12.2 Å². The van der Waals surface area contributed by atoms with Gasteiger partial charge in [0, 0.05) is 26.1 Å². The molecule has 0 radical (unpaired) electrons. The Balaban J connectivity index is 1.88. The second-order valence-electron chi connectivity index (χ2n) is 5.41. The molecular weight excluding hydrogens is 280 g/mol. The normalized spacial score (nSPS) is 21.5. The van der Waals surface area contributed by atoms with Gasteiger partial charge in [-0.25, -0.2) is 0 Å². The Morgan fingerprint density at radius 3 is 2.81 bits per heavy atom. The van der Waals surface area contributed by atoms with Gasteiger partial charge in [0.1, 0.15) is 6.20 Å². The van der Waals surface area contributed by atoms with Gasteiger partial charge in [-0.05, 0) is 23.3 Å². The average Bonchev–Trinajstić information content (AvgIpc) is 3.03. The number of nitro groups is 1. The van der Waals surface area contributed by atoms with E-state index >= 15 is 0 Å². The van der Waals surface area contributed by atoms with E-state index < -0.39 is 16.3 Å². The standard InChI is InChI=1S/C12H16N4O5/c1-12(11(18)19)3-5-15(7-12)10(17)2-4-14-6-9(13-8-14)16(20)21/h6,8H,2-5,7H2,1H3,(H,18,19). The third-order valence-electron chi connectivity index (χ3n) is 3.73. The van der Waals surface area contributed by atoms with Crippen LogP contribution < -0.4 is 0 Å². The largest absolute Gasteiger partial charge is 0.481 e. The first-order valence-corrected chi connectivity index (χ1v) is 6.49. The van der Waals surface area contributed by atoms with Gasteiger partial charge in [-0.1, -0.05) is 0 Å². The van der Waals surface area contributed by atoms with E-state index in [2.05, 4.69) is 4.98 Å². The van der Waals surface area contributed by atoms with Gasteiger partial charge >= 0.3 is 11.8 Å². The summed E-state index contributed by atoms with van der Waals surface area (Å²) in [5, 5.41) is 19.6. The van der Waals surface area contributed by atoms with E-state index in [4.69, 9.17) is 5.11 Å². The number of aliphatic carboxylic acids is 1. The van der Waals surface area contributed by atoms with Crippen molar-refractivity contribution in [3.05, 3.63) is 22.6 Å². The second kappa shape index (κ2) is 5.51. The van der Waals surface area contributed by atoms with Gasteiger partial charge in [0.25, 0.3) is 0 Å². The number of aromatic nitrogens is 2. The van der Waals surface area contributed by atoms with Crippen molar-refractivity contribution in [2.45, 2.75) is 26.3 Å². The number of carboxylic acid groups (broad SMARTS) is 1. The number of aryl methyl sites for hydroxylation is 1. The molecule has 1 aromatic rings. The summed E-state index contributed by atoms with van der Waals surface area (Å²) in [5.74, 6) is -1.32. The van der Waals surface area contributed by atoms with Gasteiger partial charge in [-0.15, -0.1) is 0 Å². The average molecular weight is 296 g/mol. The highest BCUT2D eigenvalue weighted by Gasteiger charge is 2.41. The smallest absolute Gasteiger partial charge is 0.381 e. The van der Waals surface area contributed by atoms with Crippen LogP contribution in [-0.2, 0) is 16.1 Å². The van der Waals surface area contributed by atoms with E-state index in [9.17, 15) is 19.7 Å². The lowest BCUT2D eigenvalue weighted by molar-refractivity contribution is -0.389. The molecule has 114 valence electrons. The molecule has 9 heteroatoms. The van der Waals surface area contributed by atoms with E-state index in [-0.39, 0.29) is 31.2 Å². The molecule has 1 saturated heterocycles. The van der Waals surface area contributed by atoms with Crippen molar-refractivity contribution in [3.8, 4) is 0 Å². The Morgan fingerprint density at radius 1 is 1.57 bits per heavy atom. The second-order valence-corrected chi connectivity index (χ2v) is 5.41. The number of rotatable bonds is 5. The fourth-order valence-corrected chi connectivity index (χ4v) is 2.30. The summed E-state index contributed by atoms with van der Waals surface area (Å²) in [4.78, 5) is 38.2. The van der Waals surface area contributed by atoms with Crippen molar-refractivity contribution < 1.29 is 19.6 Å². The van der Waals surface area contributed by atoms with E-state index in [1.807, 2.05) is 0 Å². The van der Waals surface area contributed by atoms with Gasteiger partial charge in [-0.2, -0.15) is 0 Å². The third-order valence-corrected chi connectivity index (χ3v) is 3.73. The van der Waals surface area contributed by atoms with Crippen LogP contribution >= 0.6 is 0 Å². The first-order chi connectivity index (χ1) is 9.82. The molecule has 0 spiro atoms. The third kappa shape index (κ3) is 3.18. The molecule has 0 aliphatic carbocycles. The Bertz CT molecular complexity index is 584. The van der Waals surface area contributed by atoms with E-state index in [0.717, 1.165) is 0 Å². The molecular formula is C12H16N4O5. The molecule has 1 N–H and O–H groups in total. The molecule has 1 aliphatic rings. The first-order valence-electron chi connectivity index (χ1n) is 6.49. The molecule has 1 aromatic heterocycles. The Kier molecular flexibility index (Phi) is 3.92. The number of carboxylic acids is 1. The lowest BCUT2D eigenvalue weighted by Gasteiger charge is -2.20. The maximum atomic E-state index is 12.0. The lowest BCUT2D eigenvalue weighted by Crippen LogP contribution is -2.35. The van der Waals surface area contributed by atoms with Crippen LogP contribution in [0, 0.1) is 15.5 Å². The maximum absolute atomic E-state index is 12.0. The number of amides is 1. The number of nitrogens with zero attached hydrogens (tertiary/aromatic N) is 4. The zero-order valence-electron chi connectivity index (χ0n) is 11.6. The highest BCUT2D eigenvalue weighted by atomic mass is 16.6. The summed E-state index contributed by atoms with van der Waals surface area (Å²) in [5.41, 5.74) is -0.885. The van der Waals surface area contributed by atoms with E-state index in [1.165, 1.54) is 22.0 Å². The Hall–Kier alpha value is -2.45. The summed E-state index contributed by atoms with van der Waals surface area (Å²) >= 11 is 0. The van der Waals surface area contributed by atoms with Crippen molar-refractivity contribution in [2.75, 3.05) is 13.1 Å². The molecule has 9 nitrogen and oxygen atoms in total. The van der Waals surface area contributed by atoms with Gasteiger partial charge < -0.3 is 24.7 Å². The quantitative estimate of drug-likeness (QED) is 0.624. The predicted molar refractivity (Wildman–Crippen MR) is 70.4 cm³/mol. The fourth-order valence-electron chi connectivity index (χ4n) is 2.30. The number of hydrogen-bond acceptors (Lipinski definition) is 5. The number of carbonyl (C=O) groups excluding carboxylic acids is 1. The zero-order valence-corrected chi connectivity index (χ0v) is 11.6. The minimum Gasteiger partial charge on any atom is -0.481 e. The minimum atomic E-state index is -0.900. The maximum Gasteiger partial charge on any atom is 0.381 e. The fraction of sp³-hybridized carbons (Fsp3) is 0.583. The Labute approximate surface area is 120 Å². The van der Waals surface area contributed by atoms with Crippen LogP contribution in [0.5, 0.6) is 0 Å². The highest BCUT2D eigenvalue weighted by Crippen LogP contribution is 2.30. The van der Waals surface area contributed by atoms with Crippen molar-refractivity contribution >= 4 is 17.7 Å². The van der Waals surface area contributed by atoms with Crippen LogP contribution in [-0.4, -0.2) is 49.4 Å². The van der Waals surface area contributed by atoms with Crippen LogP contribution in [0.4, 0.5) is 5.82 Å². The van der Waals surface area contributed by atoms with Gasteiger partial charge in [0.15, 0.2) is 0 Å². The lowest BCUT2D eigenvalue weighted by atomic mass is 9.90. The molecule has 1 aliphatic heterocycles. The molecule has 2 heterocycles. The summed E-state index contributed by atoms with van der Waals surface area (Å²) in [7, 11) is 0. The highest BCUT2D eigenvalue weighted by molar-refractivity contribution is 5.80. The summed E-state index contributed by atoms with van der Waals surface area (Å²) in [6.07, 6.45) is 3.16. The van der Waals surface area contributed by atoms with Crippen LogP contribution in [0.1, 0.15) is 19.8 Å². The summed E-state index contributed by atoms with van der Waals surface area (Å²) in [6.45, 7) is 2.53. The molecule has 1 amide bonds. The van der Waals surface area contributed by atoms with Crippen molar-refractivity contribution in [3.63, 3.8) is 0 Å². The monoisotopic (exact) mass is 296 g/mol.